The molecule has 1 heterocycles. The number of rotatable bonds is 6. The molecule has 1 saturated heterocycles. The molecule has 1 radical (unpaired) electrons. The summed E-state index contributed by atoms with van der Waals surface area (Å²) in [4.78, 5) is 14.1. The Hall–Kier alpha value is -0.570. The number of nitrogens with zero attached hydrogens (tertiary/aromatic N) is 2. The maximum absolute atomic E-state index is 12.1. The van der Waals surface area contributed by atoms with Gasteiger partial charge in [0.25, 0.3) is 0 Å². The third kappa shape index (κ3) is 4.66. The number of amides is 1. The van der Waals surface area contributed by atoms with E-state index in [1.165, 1.54) is 12.8 Å². The fourth-order valence-corrected chi connectivity index (χ4v) is 2.52. The van der Waals surface area contributed by atoms with E-state index >= 15 is 0 Å². The Balaban J connectivity index is 2.31. The predicted octanol–water partition coefficient (Wildman–Crippen LogP) is 2.43. The van der Waals surface area contributed by atoms with Crippen LogP contribution in [0.2, 0.25) is 0 Å². The third-order valence-electron chi connectivity index (χ3n) is 3.87. The highest BCUT2D eigenvalue weighted by atomic mass is 16.2. The first-order chi connectivity index (χ1) is 8.19. The molecule has 0 spiro atoms. The molecule has 0 aliphatic carbocycles. The molecule has 0 saturated carbocycles. The summed E-state index contributed by atoms with van der Waals surface area (Å²) in [6.07, 6.45) is 5.24. The maximum atomic E-state index is 12.1. The summed E-state index contributed by atoms with van der Waals surface area (Å²) in [6, 6.07) is 0.378. The van der Waals surface area contributed by atoms with E-state index in [-0.39, 0.29) is 0 Å². The summed E-state index contributed by atoms with van der Waals surface area (Å²) in [7, 11) is 0. The van der Waals surface area contributed by atoms with Gasteiger partial charge >= 0.3 is 0 Å². The van der Waals surface area contributed by atoms with Crippen LogP contribution in [0, 0.1) is 5.92 Å². The first-order valence-electron chi connectivity index (χ1n) is 7.11. The first-order valence-corrected chi connectivity index (χ1v) is 7.11. The Morgan fingerprint density at radius 1 is 1.47 bits per heavy atom. The minimum Gasteiger partial charge on any atom is -0.340 e. The van der Waals surface area contributed by atoms with E-state index in [0.29, 0.717) is 24.3 Å². The minimum absolute atomic E-state index is 0.326. The van der Waals surface area contributed by atoms with Gasteiger partial charge in [0, 0.05) is 32.1 Å². The number of carbonyl (C=O) groups excluding carboxylic acids is 1. The van der Waals surface area contributed by atoms with Crippen LogP contribution in [0.3, 0.4) is 0 Å². The van der Waals surface area contributed by atoms with Gasteiger partial charge in [-0.05, 0) is 45.4 Å². The van der Waals surface area contributed by atoms with Gasteiger partial charge in [-0.3, -0.25) is 4.79 Å². The van der Waals surface area contributed by atoms with Crippen molar-refractivity contribution >= 4 is 5.91 Å². The average molecular weight is 239 g/mol. The Labute approximate surface area is 106 Å². The van der Waals surface area contributed by atoms with Gasteiger partial charge in [0.2, 0.25) is 5.91 Å². The monoisotopic (exact) mass is 239 g/mol. The molecule has 3 heteroatoms. The van der Waals surface area contributed by atoms with Crippen LogP contribution in [0.4, 0.5) is 0 Å². The van der Waals surface area contributed by atoms with E-state index < -0.39 is 0 Å². The third-order valence-corrected chi connectivity index (χ3v) is 3.87. The molecular weight excluding hydrogens is 212 g/mol. The van der Waals surface area contributed by atoms with E-state index in [0.717, 1.165) is 32.5 Å². The molecule has 17 heavy (non-hydrogen) atoms. The lowest BCUT2D eigenvalue weighted by molar-refractivity contribution is -0.133. The maximum Gasteiger partial charge on any atom is 0.222 e. The Morgan fingerprint density at radius 2 is 2.24 bits per heavy atom. The van der Waals surface area contributed by atoms with Crippen molar-refractivity contribution in [2.24, 2.45) is 5.92 Å². The highest BCUT2D eigenvalue weighted by Crippen LogP contribution is 2.18. The molecule has 2 atom stereocenters. The molecule has 2 unspecified atom stereocenters. The smallest absolute Gasteiger partial charge is 0.222 e. The molecule has 99 valence electrons. The summed E-state index contributed by atoms with van der Waals surface area (Å²) in [5.74, 6) is 0.982. The van der Waals surface area contributed by atoms with Gasteiger partial charge in [-0.1, -0.05) is 6.92 Å². The van der Waals surface area contributed by atoms with Gasteiger partial charge in [0.15, 0.2) is 0 Å². The summed E-state index contributed by atoms with van der Waals surface area (Å²) >= 11 is 0. The Bertz CT molecular complexity index is 224. The standard InChI is InChI=1S/C14H27N2O/c1-4-12(3)16(5-2)14(17)9-8-13-7-6-10-15-11-13/h12-13H,4-11H2,1-3H3. The second-order valence-corrected chi connectivity index (χ2v) is 5.11. The van der Waals surface area contributed by atoms with E-state index in [2.05, 4.69) is 26.1 Å². The normalized spacial score (nSPS) is 22.2. The summed E-state index contributed by atoms with van der Waals surface area (Å²) in [5.41, 5.74) is 0. The molecule has 3 nitrogen and oxygen atoms in total. The SMILES string of the molecule is CCC(C)N(CC)C(=O)CCC1CCC[N]C1. The van der Waals surface area contributed by atoms with Gasteiger partial charge in [0.1, 0.15) is 0 Å². The molecule has 1 aliphatic heterocycles. The molecule has 1 fully saturated rings. The van der Waals surface area contributed by atoms with Crippen LogP contribution in [0.15, 0.2) is 0 Å². The summed E-state index contributed by atoms with van der Waals surface area (Å²) in [5, 5.41) is 4.43. The molecule has 0 aromatic heterocycles. The van der Waals surface area contributed by atoms with E-state index in [4.69, 9.17) is 0 Å². The Morgan fingerprint density at radius 3 is 2.76 bits per heavy atom. The molecule has 0 bridgehead atoms. The summed E-state index contributed by atoms with van der Waals surface area (Å²) < 4.78 is 0. The van der Waals surface area contributed by atoms with Crippen molar-refractivity contribution in [2.45, 2.75) is 58.9 Å². The zero-order valence-electron chi connectivity index (χ0n) is 11.6. The fourth-order valence-electron chi connectivity index (χ4n) is 2.52. The Kier molecular flexibility index (Phi) is 6.56. The van der Waals surface area contributed by atoms with Gasteiger partial charge in [0.05, 0.1) is 0 Å². The van der Waals surface area contributed by atoms with Crippen LogP contribution in [-0.2, 0) is 4.79 Å². The van der Waals surface area contributed by atoms with E-state index in [1.807, 2.05) is 4.90 Å². The second kappa shape index (κ2) is 7.70. The van der Waals surface area contributed by atoms with Crippen LogP contribution in [0.5, 0.6) is 0 Å². The van der Waals surface area contributed by atoms with Gasteiger partial charge in [-0.15, -0.1) is 0 Å². The van der Waals surface area contributed by atoms with E-state index in [9.17, 15) is 4.79 Å². The second-order valence-electron chi connectivity index (χ2n) is 5.11. The van der Waals surface area contributed by atoms with Crippen LogP contribution in [-0.4, -0.2) is 36.5 Å². The molecule has 1 rings (SSSR count). The van der Waals surface area contributed by atoms with E-state index in [1.54, 1.807) is 0 Å². The largest absolute Gasteiger partial charge is 0.340 e. The summed E-state index contributed by atoms with van der Waals surface area (Å²) in [6.45, 7) is 9.18. The van der Waals surface area contributed by atoms with Crippen molar-refractivity contribution in [3.05, 3.63) is 0 Å². The van der Waals surface area contributed by atoms with Crippen molar-refractivity contribution in [3.8, 4) is 0 Å². The number of piperidine rings is 1. The highest BCUT2D eigenvalue weighted by Gasteiger charge is 2.19. The molecular formula is C14H27N2O. The van der Waals surface area contributed by atoms with Crippen molar-refractivity contribution in [3.63, 3.8) is 0 Å². The van der Waals surface area contributed by atoms with Crippen LogP contribution >= 0.6 is 0 Å². The predicted molar refractivity (Wildman–Crippen MR) is 71.0 cm³/mol. The molecule has 0 aromatic carbocycles. The van der Waals surface area contributed by atoms with Crippen molar-refractivity contribution in [2.75, 3.05) is 19.6 Å². The first kappa shape index (κ1) is 14.5. The highest BCUT2D eigenvalue weighted by molar-refractivity contribution is 5.76. The topological polar surface area (TPSA) is 34.4 Å². The lowest BCUT2D eigenvalue weighted by Crippen LogP contribution is -2.38. The van der Waals surface area contributed by atoms with Gasteiger partial charge in [-0.25, -0.2) is 5.32 Å². The molecule has 1 amide bonds. The zero-order valence-corrected chi connectivity index (χ0v) is 11.6. The zero-order chi connectivity index (χ0) is 12.7. The minimum atomic E-state index is 0.326. The van der Waals surface area contributed by atoms with Crippen LogP contribution in [0.1, 0.15) is 52.9 Å². The quantitative estimate of drug-likeness (QED) is 0.701. The lowest BCUT2D eigenvalue weighted by Gasteiger charge is -2.28. The van der Waals surface area contributed by atoms with Gasteiger partial charge < -0.3 is 4.90 Å². The number of hydrogen-bond donors (Lipinski definition) is 0. The molecule has 0 N–H and O–H groups in total. The molecule has 1 aliphatic rings. The average Bonchev–Trinajstić information content (AvgIpc) is 2.38. The van der Waals surface area contributed by atoms with Gasteiger partial charge in [-0.2, -0.15) is 0 Å². The lowest BCUT2D eigenvalue weighted by atomic mass is 9.94. The number of hydrogen-bond acceptors (Lipinski definition) is 1. The van der Waals surface area contributed by atoms with Crippen molar-refractivity contribution in [1.82, 2.24) is 10.2 Å². The van der Waals surface area contributed by atoms with Crippen LogP contribution in [0.25, 0.3) is 0 Å². The molecule has 0 aromatic rings. The van der Waals surface area contributed by atoms with Crippen molar-refractivity contribution in [1.29, 1.82) is 0 Å². The van der Waals surface area contributed by atoms with Crippen LogP contribution < -0.4 is 5.32 Å². The number of carbonyl (C=O) groups is 1. The fraction of sp³-hybridized carbons (Fsp3) is 0.929. The van der Waals surface area contributed by atoms with Crippen molar-refractivity contribution < 1.29 is 4.79 Å².